The molecule has 0 radical (unpaired) electrons. The van der Waals surface area contributed by atoms with Gasteiger partial charge in [-0.1, -0.05) is 6.07 Å². The van der Waals surface area contributed by atoms with Crippen LogP contribution >= 0.6 is 0 Å². The van der Waals surface area contributed by atoms with E-state index in [0.717, 1.165) is 34.1 Å². The van der Waals surface area contributed by atoms with Gasteiger partial charge in [0.05, 0.1) is 28.4 Å². The van der Waals surface area contributed by atoms with Gasteiger partial charge in [-0.05, 0) is 24.3 Å². The molecule has 5 heteroatoms. The first-order chi connectivity index (χ1) is 11.2. The van der Waals surface area contributed by atoms with E-state index in [0.29, 0.717) is 13.1 Å². The number of ether oxygens (including phenoxy) is 4. The molecule has 0 aromatic heterocycles. The Morgan fingerprint density at radius 2 is 1.26 bits per heavy atom. The van der Waals surface area contributed by atoms with E-state index >= 15 is 0 Å². The molecule has 0 saturated heterocycles. The van der Waals surface area contributed by atoms with Crippen molar-refractivity contribution in [1.29, 1.82) is 0 Å². The first-order valence-corrected chi connectivity index (χ1v) is 7.34. The number of hydrogen-bond donors (Lipinski definition) is 1. The van der Waals surface area contributed by atoms with Crippen LogP contribution in [0, 0.1) is 0 Å². The van der Waals surface area contributed by atoms with Crippen molar-refractivity contribution >= 4 is 0 Å². The number of methoxy groups -OCH3 is 4. The van der Waals surface area contributed by atoms with E-state index in [9.17, 15) is 0 Å². The average molecular weight is 317 g/mol. The van der Waals surface area contributed by atoms with Crippen LogP contribution in [0.15, 0.2) is 36.4 Å². The Morgan fingerprint density at radius 1 is 0.652 bits per heavy atom. The quantitative estimate of drug-likeness (QED) is 0.811. The van der Waals surface area contributed by atoms with Crippen LogP contribution in [0.5, 0.6) is 23.0 Å². The molecule has 0 heterocycles. The summed E-state index contributed by atoms with van der Waals surface area (Å²) in [4.78, 5) is 0. The molecule has 23 heavy (non-hydrogen) atoms. The van der Waals surface area contributed by atoms with Crippen LogP contribution in [-0.4, -0.2) is 28.4 Å². The largest absolute Gasteiger partial charge is 0.497 e. The number of hydrogen-bond acceptors (Lipinski definition) is 5. The van der Waals surface area contributed by atoms with Crippen LogP contribution < -0.4 is 24.3 Å². The molecule has 0 unspecified atom stereocenters. The number of benzene rings is 2. The Labute approximate surface area is 137 Å². The zero-order valence-corrected chi connectivity index (χ0v) is 14.0. The van der Waals surface area contributed by atoms with E-state index in [1.54, 1.807) is 28.4 Å². The summed E-state index contributed by atoms with van der Waals surface area (Å²) in [6.07, 6.45) is 0. The molecule has 1 N–H and O–H groups in total. The first kappa shape index (κ1) is 17.0. The smallest absolute Gasteiger partial charge is 0.127 e. The molecule has 0 aliphatic heterocycles. The van der Waals surface area contributed by atoms with E-state index in [1.807, 2.05) is 36.4 Å². The van der Waals surface area contributed by atoms with Crippen LogP contribution in [-0.2, 0) is 13.1 Å². The summed E-state index contributed by atoms with van der Waals surface area (Å²) in [6.45, 7) is 1.34. The minimum absolute atomic E-state index is 0.662. The standard InChI is InChI=1S/C18H23NO4/c1-20-15-7-8-17(22-3)14(9-15)12-19-11-13-5-6-16(21-2)10-18(13)23-4/h5-10,19H,11-12H2,1-4H3. The third-order valence-corrected chi connectivity index (χ3v) is 3.61. The summed E-state index contributed by atoms with van der Waals surface area (Å²) in [6, 6.07) is 11.6. The highest BCUT2D eigenvalue weighted by Crippen LogP contribution is 2.26. The maximum absolute atomic E-state index is 5.41. The lowest BCUT2D eigenvalue weighted by atomic mass is 10.1. The molecule has 0 amide bonds. The fourth-order valence-electron chi connectivity index (χ4n) is 2.35. The van der Waals surface area contributed by atoms with Gasteiger partial charge in [0.15, 0.2) is 0 Å². The Kier molecular flexibility index (Phi) is 6.11. The van der Waals surface area contributed by atoms with Crippen molar-refractivity contribution in [3.63, 3.8) is 0 Å². The highest BCUT2D eigenvalue weighted by Gasteiger charge is 2.07. The second-order valence-electron chi connectivity index (χ2n) is 4.96. The van der Waals surface area contributed by atoms with Gasteiger partial charge in [0.2, 0.25) is 0 Å². The molecular formula is C18H23NO4. The third-order valence-electron chi connectivity index (χ3n) is 3.61. The summed E-state index contributed by atoms with van der Waals surface area (Å²) in [5.74, 6) is 3.22. The van der Waals surface area contributed by atoms with Crippen molar-refractivity contribution in [3.05, 3.63) is 47.5 Å². The molecule has 2 aromatic rings. The van der Waals surface area contributed by atoms with Crippen LogP contribution in [0.25, 0.3) is 0 Å². The van der Waals surface area contributed by atoms with Crippen LogP contribution in [0.4, 0.5) is 0 Å². The van der Waals surface area contributed by atoms with E-state index in [2.05, 4.69) is 5.32 Å². The molecule has 5 nitrogen and oxygen atoms in total. The average Bonchev–Trinajstić information content (AvgIpc) is 2.61. The summed E-state index contributed by atoms with van der Waals surface area (Å²) in [5.41, 5.74) is 2.11. The highest BCUT2D eigenvalue weighted by molar-refractivity contribution is 5.42. The van der Waals surface area contributed by atoms with Crippen LogP contribution in [0.1, 0.15) is 11.1 Å². The Hall–Kier alpha value is -2.40. The van der Waals surface area contributed by atoms with E-state index in [4.69, 9.17) is 18.9 Å². The summed E-state index contributed by atoms with van der Waals surface area (Å²) in [5, 5.41) is 3.40. The normalized spacial score (nSPS) is 10.3. The Bertz CT molecular complexity index is 643. The topological polar surface area (TPSA) is 49.0 Å². The lowest BCUT2D eigenvalue weighted by Gasteiger charge is -2.13. The monoisotopic (exact) mass is 317 g/mol. The minimum Gasteiger partial charge on any atom is -0.497 e. The molecule has 0 aliphatic carbocycles. The van der Waals surface area contributed by atoms with Gasteiger partial charge in [0.1, 0.15) is 23.0 Å². The van der Waals surface area contributed by atoms with E-state index < -0.39 is 0 Å². The maximum Gasteiger partial charge on any atom is 0.127 e. The third kappa shape index (κ3) is 4.29. The van der Waals surface area contributed by atoms with Gasteiger partial charge in [-0.25, -0.2) is 0 Å². The second-order valence-corrected chi connectivity index (χ2v) is 4.96. The minimum atomic E-state index is 0.662. The SMILES string of the molecule is COc1ccc(OC)c(CNCc2ccc(OC)cc2OC)c1. The molecule has 0 atom stereocenters. The number of nitrogens with one attached hydrogen (secondary N) is 1. The van der Waals surface area contributed by atoms with E-state index in [1.165, 1.54) is 0 Å². The predicted molar refractivity (Wildman–Crippen MR) is 89.6 cm³/mol. The van der Waals surface area contributed by atoms with Gasteiger partial charge in [-0.15, -0.1) is 0 Å². The summed E-state index contributed by atoms with van der Waals surface area (Å²) >= 11 is 0. The van der Waals surface area contributed by atoms with Gasteiger partial charge >= 0.3 is 0 Å². The van der Waals surface area contributed by atoms with Crippen molar-refractivity contribution < 1.29 is 18.9 Å². The Balaban J connectivity index is 2.05. The molecule has 2 rings (SSSR count). The molecule has 0 saturated carbocycles. The molecule has 0 fully saturated rings. The van der Waals surface area contributed by atoms with Crippen molar-refractivity contribution in [2.45, 2.75) is 13.1 Å². The van der Waals surface area contributed by atoms with Gasteiger partial charge in [0.25, 0.3) is 0 Å². The van der Waals surface area contributed by atoms with Gasteiger partial charge < -0.3 is 24.3 Å². The summed E-state index contributed by atoms with van der Waals surface area (Å²) < 4.78 is 21.3. The highest BCUT2D eigenvalue weighted by atomic mass is 16.5. The van der Waals surface area contributed by atoms with Crippen LogP contribution in [0.2, 0.25) is 0 Å². The maximum atomic E-state index is 5.41. The van der Waals surface area contributed by atoms with Crippen molar-refractivity contribution in [2.75, 3.05) is 28.4 Å². The van der Waals surface area contributed by atoms with Gasteiger partial charge in [0, 0.05) is 30.3 Å². The zero-order valence-electron chi connectivity index (χ0n) is 14.0. The Morgan fingerprint density at radius 3 is 1.91 bits per heavy atom. The van der Waals surface area contributed by atoms with Crippen molar-refractivity contribution in [2.24, 2.45) is 0 Å². The molecule has 0 bridgehead atoms. The lowest BCUT2D eigenvalue weighted by molar-refractivity contribution is 0.388. The fourth-order valence-corrected chi connectivity index (χ4v) is 2.35. The predicted octanol–water partition coefficient (Wildman–Crippen LogP) is 3.01. The molecular weight excluding hydrogens is 294 g/mol. The molecule has 0 spiro atoms. The van der Waals surface area contributed by atoms with Crippen molar-refractivity contribution in [1.82, 2.24) is 5.32 Å². The number of rotatable bonds is 8. The van der Waals surface area contributed by atoms with Crippen LogP contribution in [0.3, 0.4) is 0 Å². The van der Waals surface area contributed by atoms with Gasteiger partial charge in [-0.2, -0.15) is 0 Å². The first-order valence-electron chi connectivity index (χ1n) is 7.34. The molecule has 0 aliphatic rings. The lowest BCUT2D eigenvalue weighted by Crippen LogP contribution is -2.14. The fraction of sp³-hybridized carbons (Fsp3) is 0.333. The molecule has 124 valence electrons. The zero-order chi connectivity index (χ0) is 16.7. The van der Waals surface area contributed by atoms with Crippen molar-refractivity contribution in [3.8, 4) is 23.0 Å². The van der Waals surface area contributed by atoms with E-state index in [-0.39, 0.29) is 0 Å². The molecule has 2 aromatic carbocycles. The summed E-state index contributed by atoms with van der Waals surface area (Å²) in [7, 11) is 6.62. The second kappa shape index (κ2) is 8.29. The van der Waals surface area contributed by atoms with Gasteiger partial charge in [-0.3, -0.25) is 0 Å².